The third-order valence-corrected chi connectivity index (χ3v) is 4.90. The molecule has 24 heavy (non-hydrogen) atoms. The van der Waals surface area contributed by atoms with E-state index in [2.05, 4.69) is 16.2 Å². The van der Waals surface area contributed by atoms with Crippen molar-refractivity contribution in [3.63, 3.8) is 0 Å². The van der Waals surface area contributed by atoms with Crippen LogP contribution in [0.25, 0.3) is 11.1 Å². The number of aromatic nitrogens is 3. The Labute approximate surface area is 148 Å². The molecule has 0 saturated carbocycles. The smallest absolute Gasteiger partial charge is 0.169 e. The van der Waals surface area contributed by atoms with E-state index in [1.54, 1.807) is 17.5 Å². The van der Waals surface area contributed by atoms with E-state index in [-0.39, 0.29) is 0 Å². The third-order valence-electron chi connectivity index (χ3n) is 3.73. The van der Waals surface area contributed by atoms with E-state index in [9.17, 15) is 4.79 Å². The van der Waals surface area contributed by atoms with Crippen LogP contribution in [0.3, 0.4) is 0 Å². The number of thiazole rings is 1. The molecule has 0 spiro atoms. The van der Waals surface area contributed by atoms with Gasteiger partial charge in [0.15, 0.2) is 6.29 Å². The minimum Gasteiger partial charge on any atom is -0.296 e. The molecule has 1 aromatic carbocycles. The molecule has 3 rings (SSSR count). The van der Waals surface area contributed by atoms with Crippen LogP contribution >= 0.6 is 22.9 Å². The van der Waals surface area contributed by atoms with Crippen molar-refractivity contribution < 1.29 is 4.79 Å². The van der Waals surface area contributed by atoms with Crippen molar-refractivity contribution in [1.82, 2.24) is 14.8 Å². The molecule has 0 aliphatic carbocycles. The average molecular weight is 357 g/mol. The molecule has 0 N–H and O–H groups in total. The maximum Gasteiger partial charge on any atom is 0.169 e. The fraction of sp³-hybridized carbons (Fsp3) is 0.176. The van der Waals surface area contributed by atoms with E-state index in [1.807, 2.05) is 24.6 Å². The van der Waals surface area contributed by atoms with E-state index >= 15 is 0 Å². The predicted octanol–water partition coefficient (Wildman–Crippen LogP) is 4.01. The maximum absolute atomic E-state index is 10.8. The van der Waals surface area contributed by atoms with Gasteiger partial charge < -0.3 is 0 Å². The average Bonchev–Trinajstić information content (AvgIpc) is 3.12. The lowest BCUT2D eigenvalue weighted by Crippen LogP contribution is -2.04. The van der Waals surface area contributed by atoms with Crippen LogP contribution in [0.4, 0.5) is 0 Å². The molecule has 0 aliphatic rings. The summed E-state index contributed by atoms with van der Waals surface area (Å²) in [5.41, 5.74) is 4.67. The lowest BCUT2D eigenvalue weighted by Gasteiger charge is -2.05. The Balaban J connectivity index is 1.99. The summed E-state index contributed by atoms with van der Waals surface area (Å²) in [5, 5.41) is 16.6. The molecular formula is C17H13ClN4OS. The lowest BCUT2D eigenvalue weighted by atomic mass is 10.0. The van der Waals surface area contributed by atoms with Crippen LogP contribution in [-0.4, -0.2) is 21.1 Å². The van der Waals surface area contributed by atoms with Crippen molar-refractivity contribution in [3.05, 3.63) is 56.3 Å². The third kappa shape index (κ3) is 2.96. The number of hydrogen-bond donors (Lipinski definition) is 0. The van der Waals surface area contributed by atoms with Crippen molar-refractivity contribution in [3.8, 4) is 17.2 Å². The number of hydrogen-bond acceptors (Lipinski definition) is 5. The van der Waals surface area contributed by atoms with Crippen LogP contribution < -0.4 is 0 Å². The SMILES string of the molecule is Cc1nn(Cc2nc(C=O)cs2)c(C)c1-c1ccc(C#N)c(Cl)c1. The molecule has 120 valence electrons. The van der Waals surface area contributed by atoms with Gasteiger partial charge in [0.25, 0.3) is 0 Å². The summed E-state index contributed by atoms with van der Waals surface area (Å²) in [5.74, 6) is 0. The summed E-state index contributed by atoms with van der Waals surface area (Å²) in [6, 6.07) is 7.44. The Morgan fingerprint density at radius 3 is 2.83 bits per heavy atom. The Morgan fingerprint density at radius 1 is 1.42 bits per heavy atom. The van der Waals surface area contributed by atoms with Crippen molar-refractivity contribution >= 4 is 29.2 Å². The highest BCUT2D eigenvalue weighted by Gasteiger charge is 2.16. The molecule has 0 bridgehead atoms. The van der Waals surface area contributed by atoms with Crippen LogP contribution in [0.1, 0.15) is 32.4 Å². The van der Waals surface area contributed by atoms with Crippen molar-refractivity contribution in [2.75, 3.05) is 0 Å². The maximum atomic E-state index is 10.8. The summed E-state index contributed by atoms with van der Waals surface area (Å²) >= 11 is 7.58. The topological polar surface area (TPSA) is 71.6 Å². The Morgan fingerprint density at radius 2 is 2.21 bits per heavy atom. The molecule has 7 heteroatoms. The summed E-state index contributed by atoms with van der Waals surface area (Å²) in [6.07, 6.45) is 0.741. The number of halogens is 1. The zero-order valence-corrected chi connectivity index (χ0v) is 14.6. The highest BCUT2D eigenvalue weighted by molar-refractivity contribution is 7.09. The largest absolute Gasteiger partial charge is 0.296 e. The van der Waals surface area contributed by atoms with Gasteiger partial charge in [-0.25, -0.2) is 4.98 Å². The van der Waals surface area contributed by atoms with Crippen LogP contribution in [-0.2, 0) is 6.54 Å². The molecule has 0 unspecified atom stereocenters. The van der Waals surface area contributed by atoms with Gasteiger partial charge in [-0.3, -0.25) is 9.48 Å². The van der Waals surface area contributed by atoms with Gasteiger partial charge in [-0.2, -0.15) is 10.4 Å². The second kappa shape index (κ2) is 6.56. The summed E-state index contributed by atoms with van der Waals surface area (Å²) in [6.45, 7) is 4.43. The van der Waals surface area contributed by atoms with Gasteiger partial charge in [-0.15, -0.1) is 11.3 Å². The van der Waals surface area contributed by atoms with Crippen molar-refractivity contribution in [2.24, 2.45) is 0 Å². The minimum atomic E-state index is 0.428. The second-order valence-corrected chi connectivity index (χ2v) is 6.64. The van der Waals surface area contributed by atoms with Gasteiger partial charge in [0.1, 0.15) is 16.8 Å². The van der Waals surface area contributed by atoms with Gasteiger partial charge in [0, 0.05) is 16.6 Å². The van der Waals surface area contributed by atoms with Crippen LogP contribution in [0.5, 0.6) is 0 Å². The van der Waals surface area contributed by atoms with Gasteiger partial charge in [0.2, 0.25) is 0 Å². The van der Waals surface area contributed by atoms with Crippen LogP contribution in [0.2, 0.25) is 5.02 Å². The molecule has 3 aromatic rings. The first-order valence-electron chi connectivity index (χ1n) is 7.17. The number of carbonyl (C=O) groups excluding carboxylic acids is 1. The Kier molecular flexibility index (Phi) is 4.47. The molecule has 5 nitrogen and oxygen atoms in total. The monoisotopic (exact) mass is 356 g/mol. The highest BCUT2D eigenvalue weighted by Crippen LogP contribution is 2.30. The zero-order chi connectivity index (χ0) is 17.3. The van der Waals surface area contributed by atoms with E-state index in [4.69, 9.17) is 16.9 Å². The molecule has 2 aromatic heterocycles. The Bertz CT molecular complexity index is 968. The number of carbonyl (C=O) groups is 1. The molecule has 0 radical (unpaired) electrons. The number of aldehydes is 1. The first-order valence-corrected chi connectivity index (χ1v) is 8.43. The number of rotatable bonds is 4. The fourth-order valence-corrected chi connectivity index (χ4v) is 3.55. The summed E-state index contributed by atoms with van der Waals surface area (Å²) < 4.78 is 1.87. The standard InChI is InChI=1S/C17H13ClN4OS/c1-10-17(12-3-4-13(6-19)15(18)5-12)11(2)22(21-10)7-16-20-14(8-23)9-24-16/h3-5,8-9H,7H2,1-2H3. The van der Waals surface area contributed by atoms with Crippen molar-refractivity contribution in [1.29, 1.82) is 5.26 Å². The molecule has 0 fully saturated rings. The number of benzene rings is 1. The molecular weight excluding hydrogens is 344 g/mol. The van der Waals surface area contributed by atoms with E-state index in [1.165, 1.54) is 11.3 Å². The molecule has 0 atom stereocenters. The lowest BCUT2D eigenvalue weighted by molar-refractivity contribution is 0.111. The fourth-order valence-electron chi connectivity index (χ4n) is 2.61. The number of nitriles is 1. The van der Waals surface area contributed by atoms with Gasteiger partial charge in [-0.05, 0) is 31.5 Å². The summed E-state index contributed by atoms with van der Waals surface area (Å²) in [7, 11) is 0. The zero-order valence-electron chi connectivity index (χ0n) is 13.1. The first kappa shape index (κ1) is 16.4. The molecule has 0 saturated heterocycles. The van der Waals surface area contributed by atoms with Crippen LogP contribution in [0.15, 0.2) is 23.6 Å². The molecule has 0 amide bonds. The van der Waals surface area contributed by atoms with Crippen molar-refractivity contribution in [2.45, 2.75) is 20.4 Å². The first-order chi connectivity index (χ1) is 11.5. The second-order valence-electron chi connectivity index (χ2n) is 5.29. The van der Waals surface area contributed by atoms with E-state index in [0.717, 1.165) is 33.8 Å². The van der Waals surface area contributed by atoms with Gasteiger partial charge >= 0.3 is 0 Å². The normalized spacial score (nSPS) is 10.6. The minimum absolute atomic E-state index is 0.428. The van der Waals surface area contributed by atoms with Gasteiger partial charge in [0.05, 0.1) is 22.8 Å². The molecule has 0 aliphatic heterocycles. The number of aryl methyl sites for hydroxylation is 1. The van der Waals surface area contributed by atoms with Gasteiger partial charge in [-0.1, -0.05) is 17.7 Å². The Hall–Kier alpha value is -2.49. The highest BCUT2D eigenvalue weighted by atomic mass is 35.5. The predicted molar refractivity (Wildman–Crippen MR) is 93.5 cm³/mol. The number of nitrogens with zero attached hydrogens (tertiary/aromatic N) is 4. The summed E-state index contributed by atoms with van der Waals surface area (Å²) in [4.78, 5) is 15.0. The van der Waals surface area contributed by atoms with E-state index < -0.39 is 0 Å². The van der Waals surface area contributed by atoms with Crippen LogP contribution in [0, 0.1) is 25.2 Å². The van der Waals surface area contributed by atoms with E-state index in [0.29, 0.717) is 22.8 Å². The quantitative estimate of drug-likeness (QED) is 0.662. The molecule has 2 heterocycles.